The molecule has 0 radical (unpaired) electrons. The molecule has 0 N–H and O–H groups in total. The molecule has 0 aromatic carbocycles. The lowest BCUT2D eigenvalue weighted by Crippen LogP contribution is -2.23. The van der Waals surface area contributed by atoms with Gasteiger partial charge in [0, 0.05) is 6.42 Å². The number of allylic oxidation sites excluding steroid dienone is 1. The summed E-state index contributed by atoms with van der Waals surface area (Å²) in [6, 6.07) is 0. The molecule has 5 nitrogen and oxygen atoms in total. The molecule has 0 saturated carbocycles. The Morgan fingerprint density at radius 3 is 2.82 bits per heavy atom. The Hall–Kier alpha value is -1.78. The maximum absolute atomic E-state index is 11.6. The summed E-state index contributed by atoms with van der Waals surface area (Å²) in [6.45, 7) is 7.21. The van der Waals surface area contributed by atoms with Gasteiger partial charge in [0.05, 0.1) is 12.2 Å². The van der Waals surface area contributed by atoms with Crippen LogP contribution in [0, 0.1) is 0 Å². The topological polar surface area (TPSA) is 61.8 Å². The summed E-state index contributed by atoms with van der Waals surface area (Å²) in [4.78, 5) is 23.0. The Morgan fingerprint density at radius 1 is 1.53 bits per heavy atom. The van der Waals surface area contributed by atoms with Crippen molar-refractivity contribution in [1.82, 2.24) is 0 Å². The number of ether oxygens (including phenoxy) is 3. The second kappa shape index (κ2) is 6.08. The van der Waals surface area contributed by atoms with E-state index >= 15 is 0 Å². The van der Waals surface area contributed by atoms with Gasteiger partial charge in [-0.15, -0.1) is 0 Å². The second-order valence-electron chi connectivity index (χ2n) is 3.48. The van der Waals surface area contributed by atoms with Crippen molar-refractivity contribution in [2.24, 2.45) is 0 Å². The van der Waals surface area contributed by atoms with E-state index in [1.54, 1.807) is 13.8 Å². The van der Waals surface area contributed by atoms with Crippen molar-refractivity contribution >= 4 is 11.9 Å². The van der Waals surface area contributed by atoms with Gasteiger partial charge in [0.15, 0.2) is 6.10 Å². The van der Waals surface area contributed by atoms with Crippen LogP contribution >= 0.6 is 0 Å². The van der Waals surface area contributed by atoms with Crippen LogP contribution in [0.5, 0.6) is 0 Å². The number of rotatable bonds is 5. The van der Waals surface area contributed by atoms with Gasteiger partial charge in [-0.1, -0.05) is 12.7 Å². The molecule has 0 bridgehead atoms. The van der Waals surface area contributed by atoms with E-state index in [0.29, 0.717) is 11.3 Å². The van der Waals surface area contributed by atoms with Crippen LogP contribution in [-0.2, 0) is 23.8 Å². The highest BCUT2D eigenvalue weighted by Crippen LogP contribution is 2.26. The molecule has 0 aromatic heterocycles. The molecule has 1 unspecified atom stereocenters. The third-order valence-electron chi connectivity index (χ3n) is 2.26. The van der Waals surface area contributed by atoms with Crippen LogP contribution in [0.2, 0.25) is 0 Å². The standard InChI is InChI=1S/C12H16O5/c1-4-6-16-11(13)9-7-10(17-8(9)3)12(14)15-5-2/h4,10H,1,5-7H2,2-3H3. The van der Waals surface area contributed by atoms with Gasteiger partial charge >= 0.3 is 11.9 Å². The van der Waals surface area contributed by atoms with Crippen molar-refractivity contribution in [3.05, 3.63) is 24.0 Å². The molecule has 1 atom stereocenters. The van der Waals surface area contributed by atoms with Crippen LogP contribution in [0.4, 0.5) is 0 Å². The molecule has 1 heterocycles. The quantitative estimate of drug-likeness (QED) is 0.536. The summed E-state index contributed by atoms with van der Waals surface area (Å²) >= 11 is 0. The van der Waals surface area contributed by atoms with Crippen molar-refractivity contribution in [3.8, 4) is 0 Å². The molecule has 94 valence electrons. The predicted molar refractivity (Wildman–Crippen MR) is 60.0 cm³/mol. The Bertz CT molecular complexity index is 356. The van der Waals surface area contributed by atoms with Gasteiger partial charge in [-0.2, -0.15) is 0 Å². The fraction of sp³-hybridized carbons (Fsp3) is 0.500. The second-order valence-corrected chi connectivity index (χ2v) is 3.48. The highest BCUT2D eigenvalue weighted by molar-refractivity contribution is 5.91. The minimum Gasteiger partial charge on any atom is -0.482 e. The highest BCUT2D eigenvalue weighted by Gasteiger charge is 2.34. The Kier molecular flexibility index (Phi) is 4.75. The summed E-state index contributed by atoms with van der Waals surface area (Å²) in [6.07, 6.45) is 0.939. The van der Waals surface area contributed by atoms with Crippen LogP contribution < -0.4 is 0 Å². The van der Waals surface area contributed by atoms with E-state index < -0.39 is 18.0 Å². The number of hydrogen-bond donors (Lipinski definition) is 0. The fourth-order valence-electron chi connectivity index (χ4n) is 1.47. The minimum absolute atomic E-state index is 0.139. The lowest BCUT2D eigenvalue weighted by Gasteiger charge is -2.09. The zero-order valence-corrected chi connectivity index (χ0v) is 10.0. The molecular weight excluding hydrogens is 224 g/mol. The maximum Gasteiger partial charge on any atom is 0.347 e. The summed E-state index contributed by atoms with van der Waals surface area (Å²) in [5.41, 5.74) is 0.380. The predicted octanol–water partition coefficient (Wildman–Crippen LogP) is 1.34. The van der Waals surface area contributed by atoms with Gasteiger partial charge in [-0.25, -0.2) is 9.59 Å². The largest absolute Gasteiger partial charge is 0.482 e. The zero-order chi connectivity index (χ0) is 12.8. The van der Waals surface area contributed by atoms with Crippen LogP contribution in [0.1, 0.15) is 20.3 Å². The van der Waals surface area contributed by atoms with E-state index in [1.807, 2.05) is 0 Å². The molecule has 1 aliphatic rings. The minimum atomic E-state index is -0.735. The third kappa shape index (κ3) is 3.34. The third-order valence-corrected chi connectivity index (χ3v) is 2.26. The lowest BCUT2D eigenvalue weighted by molar-refractivity contribution is -0.152. The first kappa shape index (κ1) is 13.3. The zero-order valence-electron chi connectivity index (χ0n) is 10.0. The first-order valence-corrected chi connectivity index (χ1v) is 5.41. The molecular formula is C12H16O5. The van der Waals surface area contributed by atoms with Crippen molar-refractivity contribution in [2.45, 2.75) is 26.4 Å². The molecule has 0 aliphatic carbocycles. The fourth-order valence-corrected chi connectivity index (χ4v) is 1.47. The highest BCUT2D eigenvalue weighted by atomic mass is 16.6. The number of esters is 2. The van der Waals surface area contributed by atoms with Gasteiger partial charge in [0.1, 0.15) is 12.4 Å². The number of carbonyl (C=O) groups is 2. The first-order chi connectivity index (χ1) is 8.10. The van der Waals surface area contributed by atoms with Gasteiger partial charge in [0.2, 0.25) is 0 Å². The monoisotopic (exact) mass is 240 g/mol. The molecule has 0 saturated heterocycles. The number of carbonyl (C=O) groups excluding carboxylic acids is 2. The summed E-state index contributed by atoms with van der Waals surface area (Å²) in [5.74, 6) is -0.523. The Morgan fingerprint density at radius 2 is 2.24 bits per heavy atom. The molecule has 17 heavy (non-hydrogen) atoms. The van der Waals surface area contributed by atoms with E-state index in [4.69, 9.17) is 14.2 Å². The van der Waals surface area contributed by atoms with Gasteiger partial charge in [-0.05, 0) is 13.8 Å². The molecule has 0 amide bonds. The van der Waals surface area contributed by atoms with Crippen molar-refractivity contribution in [1.29, 1.82) is 0 Å². The average molecular weight is 240 g/mol. The van der Waals surface area contributed by atoms with Crippen molar-refractivity contribution < 1.29 is 23.8 Å². The molecule has 5 heteroatoms. The SMILES string of the molecule is C=CCOC(=O)C1=C(C)OC(C(=O)OCC)C1. The van der Waals surface area contributed by atoms with Crippen molar-refractivity contribution in [3.63, 3.8) is 0 Å². The molecule has 0 fully saturated rings. The van der Waals surface area contributed by atoms with Gasteiger partial charge < -0.3 is 14.2 Å². The van der Waals surface area contributed by atoms with E-state index in [-0.39, 0.29) is 19.6 Å². The summed E-state index contributed by atoms with van der Waals surface area (Å²) < 4.78 is 15.0. The van der Waals surface area contributed by atoms with E-state index in [9.17, 15) is 9.59 Å². The summed E-state index contributed by atoms with van der Waals surface area (Å²) in [5, 5.41) is 0. The van der Waals surface area contributed by atoms with Crippen LogP contribution in [0.3, 0.4) is 0 Å². The smallest absolute Gasteiger partial charge is 0.347 e. The molecule has 0 aromatic rings. The van der Waals surface area contributed by atoms with Gasteiger partial charge in [-0.3, -0.25) is 0 Å². The number of hydrogen-bond acceptors (Lipinski definition) is 5. The normalized spacial score (nSPS) is 18.6. The Labute approximate surface area is 100 Å². The van der Waals surface area contributed by atoms with E-state index in [2.05, 4.69) is 6.58 Å². The molecule has 1 aliphatic heterocycles. The molecule has 1 rings (SSSR count). The maximum atomic E-state index is 11.6. The van der Waals surface area contributed by atoms with Crippen LogP contribution in [-0.4, -0.2) is 31.3 Å². The van der Waals surface area contributed by atoms with Gasteiger partial charge in [0.25, 0.3) is 0 Å². The average Bonchev–Trinajstić information content (AvgIpc) is 2.68. The van der Waals surface area contributed by atoms with Crippen molar-refractivity contribution in [2.75, 3.05) is 13.2 Å². The molecule has 0 spiro atoms. The van der Waals surface area contributed by atoms with Crippen LogP contribution in [0.15, 0.2) is 24.0 Å². The summed E-state index contributed by atoms with van der Waals surface area (Å²) in [7, 11) is 0. The van der Waals surface area contributed by atoms with E-state index in [0.717, 1.165) is 0 Å². The Balaban J connectivity index is 2.58. The lowest BCUT2D eigenvalue weighted by atomic mass is 10.1. The van der Waals surface area contributed by atoms with Crippen LogP contribution in [0.25, 0.3) is 0 Å². The van der Waals surface area contributed by atoms with E-state index in [1.165, 1.54) is 6.08 Å². The first-order valence-electron chi connectivity index (χ1n) is 5.41.